The topological polar surface area (TPSA) is 193 Å². The van der Waals surface area contributed by atoms with E-state index < -0.39 is 48.0 Å². The molecule has 0 aliphatic carbocycles. The van der Waals surface area contributed by atoms with E-state index in [9.17, 15) is 28.8 Å². The van der Waals surface area contributed by atoms with Crippen molar-refractivity contribution in [2.24, 2.45) is 16.6 Å². The summed E-state index contributed by atoms with van der Waals surface area (Å²) in [4.78, 5) is 87.2. The fourth-order valence-corrected chi connectivity index (χ4v) is 6.01. The summed E-state index contributed by atoms with van der Waals surface area (Å²) in [5, 5.41) is 2.55. The molecule has 54 heavy (non-hydrogen) atoms. The van der Waals surface area contributed by atoms with Crippen molar-refractivity contribution in [2.45, 2.75) is 38.7 Å². The van der Waals surface area contributed by atoms with Crippen LogP contribution in [0.5, 0.6) is 0 Å². The Morgan fingerprint density at radius 3 is 1.80 bits per heavy atom. The van der Waals surface area contributed by atoms with Gasteiger partial charge in [-0.2, -0.15) is 0 Å². The van der Waals surface area contributed by atoms with Crippen molar-refractivity contribution < 1.29 is 43.0 Å². The fraction of sp³-hybridized carbons (Fsp3) is 0.342. The Hall–Kier alpha value is -6.45. The number of piperazine rings is 1. The first-order valence-electron chi connectivity index (χ1n) is 17.5. The second kappa shape index (κ2) is 18.9. The number of nitrogens with zero attached hydrogens (tertiary/aromatic N) is 5. The minimum Gasteiger partial charge on any atom is -0.459 e. The molecule has 2 atom stereocenters. The molecule has 0 aromatic heterocycles. The lowest BCUT2D eigenvalue weighted by molar-refractivity contribution is -0.171. The molecule has 3 aromatic carbocycles. The zero-order valence-electron chi connectivity index (χ0n) is 29.9. The summed E-state index contributed by atoms with van der Waals surface area (Å²) in [6.45, 7) is 0.445. The number of nitrogens with two attached hydrogens (primary N) is 1. The van der Waals surface area contributed by atoms with E-state index in [-0.39, 0.29) is 71.4 Å². The largest absolute Gasteiger partial charge is 0.459 e. The number of hydrogen-bond donors (Lipinski definition) is 2. The number of amides is 7. The highest BCUT2D eigenvalue weighted by Gasteiger charge is 2.56. The summed E-state index contributed by atoms with van der Waals surface area (Å²) in [5.74, 6) is -2.79. The third kappa shape index (κ3) is 10.1. The summed E-state index contributed by atoms with van der Waals surface area (Å²) in [7, 11) is 1.51. The standard InChI is InChI=1S/C38H43N7O9/c1-40-35(48)42-20-22-43(23-21-42)37(50)45-31(33(47)52-24-27-12-5-2-6-13-27)30(32(45)46)18-11-19-44(38(51)54-26-29-16-9-4-10-17-29)34(39)41-36(49)53-25-28-14-7-3-8-15-28/h2-10,12-17,30-31H,11,18-26H2,1H3,(H,40,48)(H2,39,41,49). The predicted octanol–water partition coefficient (Wildman–Crippen LogP) is 3.70. The zero-order chi connectivity index (χ0) is 38.5. The van der Waals surface area contributed by atoms with Crippen molar-refractivity contribution in [1.82, 2.24) is 24.9 Å². The predicted molar refractivity (Wildman–Crippen MR) is 194 cm³/mol. The van der Waals surface area contributed by atoms with Gasteiger partial charge in [-0.15, -0.1) is 4.99 Å². The summed E-state index contributed by atoms with van der Waals surface area (Å²) < 4.78 is 16.2. The van der Waals surface area contributed by atoms with Crippen LogP contribution in [0.4, 0.5) is 19.2 Å². The number of hydrogen-bond acceptors (Lipinski definition) is 9. The van der Waals surface area contributed by atoms with E-state index in [4.69, 9.17) is 19.9 Å². The summed E-state index contributed by atoms with van der Waals surface area (Å²) >= 11 is 0. The first kappa shape index (κ1) is 38.8. The molecule has 2 aliphatic heterocycles. The number of imide groups is 1. The minimum absolute atomic E-state index is 0.0480. The van der Waals surface area contributed by atoms with Crippen LogP contribution >= 0.6 is 0 Å². The summed E-state index contributed by atoms with van der Waals surface area (Å²) in [6, 6.07) is 24.6. The number of likely N-dealkylation sites (tertiary alicyclic amines) is 1. The normalized spacial score (nSPS) is 16.9. The van der Waals surface area contributed by atoms with Crippen LogP contribution < -0.4 is 11.1 Å². The SMILES string of the molecule is CNC(=O)N1CCN(C(=O)N2C(=O)C(CCCN(C(=O)OCc3ccccc3)/C(N)=N/C(=O)OCc3ccccc3)C2C(=O)OCc2ccccc2)CC1. The highest BCUT2D eigenvalue weighted by molar-refractivity contribution is 6.08. The van der Waals surface area contributed by atoms with E-state index >= 15 is 0 Å². The molecule has 2 fully saturated rings. The molecule has 2 aliphatic rings. The van der Waals surface area contributed by atoms with Crippen LogP contribution in [-0.2, 0) is 43.6 Å². The second-order valence-corrected chi connectivity index (χ2v) is 12.5. The van der Waals surface area contributed by atoms with Crippen LogP contribution in [0.1, 0.15) is 29.5 Å². The van der Waals surface area contributed by atoms with Crippen LogP contribution in [0.15, 0.2) is 96.0 Å². The number of guanidine groups is 1. The molecule has 284 valence electrons. The van der Waals surface area contributed by atoms with Gasteiger partial charge in [-0.1, -0.05) is 91.0 Å². The summed E-state index contributed by atoms with van der Waals surface area (Å²) in [6.07, 6.45) is -1.78. The first-order chi connectivity index (χ1) is 26.2. The third-order valence-electron chi connectivity index (χ3n) is 8.95. The Morgan fingerprint density at radius 2 is 1.26 bits per heavy atom. The van der Waals surface area contributed by atoms with Crippen LogP contribution in [-0.4, -0.2) is 107 Å². The van der Waals surface area contributed by atoms with Crippen molar-refractivity contribution in [3.63, 3.8) is 0 Å². The van der Waals surface area contributed by atoms with Gasteiger partial charge in [-0.3, -0.25) is 4.79 Å². The van der Waals surface area contributed by atoms with E-state index in [1.807, 2.05) is 18.2 Å². The van der Waals surface area contributed by atoms with Gasteiger partial charge in [0.1, 0.15) is 19.8 Å². The van der Waals surface area contributed by atoms with Gasteiger partial charge in [0.15, 0.2) is 6.04 Å². The number of carbonyl (C=O) groups is 6. The number of β-lactam (4-membered cyclic amide) rings is 1. The summed E-state index contributed by atoms with van der Waals surface area (Å²) in [5.41, 5.74) is 8.30. The van der Waals surface area contributed by atoms with Crippen LogP contribution in [0, 0.1) is 5.92 Å². The Labute approximate surface area is 312 Å². The van der Waals surface area contributed by atoms with E-state index in [1.54, 1.807) is 77.7 Å². The molecule has 0 saturated carbocycles. The number of urea groups is 2. The van der Waals surface area contributed by atoms with Crippen LogP contribution in [0.3, 0.4) is 0 Å². The van der Waals surface area contributed by atoms with Gasteiger partial charge in [0.2, 0.25) is 11.9 Å². The van der Waals surface area contributed by atoms with Gasteiger partial charge < -0.3 is 35.1 Å². The molecule has 0 bridgehead atoms. The minimum atomic E-state index is -1.23. The van der Waals surface area contributed by atoms with Crippen molar-refractivity contribution in [2.75, 3.05) is 39.8 Å². The number of nitrogens with one attached hydrogen (secondary N) is 1. The van der Waals surface area contributed by atoms with Gasteiger partial charge in [0, 0.05) is 39.8 Å². The maximum absolute atomic E-state index is 13.6. The van der Waals surface area contributed by atoms with E-state index in [0.717, 1.165) is 20.9 Å². The molecule has 5 rings (SSSR count). The molecular weight excluding hydrogens is 698 g/mol. The molecule has 16 heteroatoms. The van der Waals surface area contributed by atoms with Gasteiger partial charge in [0.25, 0.3) is 0 Å². The Bertz CT molecular complexity index is 1800. The highest BCUT2D eigenvalue weighted by atomic mass is 16.6. The molecule has 3 aromatic rings. The molecule has 0 spiro atoms. The Morgan fingerprint density at radius 1 is 0.759 bits per heavy atom. The third-order valence-corrected chi connectivity index (χ3v) is 8.95. The number of carbonyl (C=O) groups excluding carboxylic acids is 6. The van der Waals surface area contributed by atoms with Crippen molar-refractivity contribution in [3.05, 3.63) is 108 Å². The molecule has 2 saturated heterocycles. The number of benzene rings is 3. The average Bonchev–Trinajstić information content (AvgIpc) is 3.20. The Kier molecular flexibility index (Phi) is 13.5. The molecule has 16 nitrogen and oxygen atoms in total. The van der Waals surface area contributed by atoms with Gasteiger partial charge in [0.05, 0.1) is 5.92 Å². The van der Waals surface area contributed by atoms with E-state index in [1.165, 1.54) is 11.9 Å². The molecule has 3 N–H and O–H groups in total. The van der Waals surface area contributed by atoms with Crippen molar-refractivity contribution in [3.8, 4) is 0 Å². The molecule has 0 radical (unpaired) electrons. The molecule has 2 heterocycles. The zero-order valence-corrected chi connectivity index (χ0v) is 29.9. The lowest BCUT2D eigenvalue weighted by atomic mass is 9.83. The monoisotopic (exact) mass is 741 g/mol. The number of esters is 1. The number of rotatable bonds is 11. The van der Waals surface area contributed by atoms with Crippen molar-refractivity contribution >= 4 is 42.1 Å². The molecule has 7 amide bonds. The average molecular weight is 742 g/mol. The van der Waals surface area contributed by atoms with Crippen molar-refractivity contribution in [1.29, 1.82) is 0 Å². The second-order valence-electron chi connectivity index (χ2n) is 12.5. The number of aliphatic imine (C=N–C) groups is 1. The highest BCUT2D eigenvalue weighted by Crippen LogP contribution is 2.33. The van der Waals surface area contributed by atoms with Crippen LogP contribution in [0.2, 0.25) is 0 Å². The lowest BCUT2D eigenvalue weighted by Gasteiger charge is -2.46. The Balaban J connectivity index is 1.27. The maximum Gasteiger partial charge on any atom is 0.437 e. The quantitative estimate of drug-likeness (QED) is 0.0963. The maximum atomic E-state index is 13.6. The van der Waals surface area contributed by atoms with E-state index in [2.05, 4.69) is 10.3 Å². The smallest absolute Gasteiger partial charge is 0.437 e. The first-order valence-corrected chi connectivity index (χ1v) is 17.5. The van der Waals surface area contributed by atoms with Gasteiger partial charge in [-0.25, -0.2) is 33.8 Å². The lowest BCUT2D eigenvalue weighted by Crippen LogP contribution is -2.69. The van der Waals surface area contributed by atoms with Crippen LogP contribution in [0.25, 0.3) is 0 Å². The fourth-order valence-electron chi connectivity index (χ4n) is 6.01. The molecular formula is C38H43N7O9. The van der Waals surface area contributed by atoms with Gasteiger partial charge >= 0.3 is 30.2 Å². The van der Waals surface area contributed by atoms with E-state index in [0.29, 0.717) is 5.56 Å². The molecule has 2 unspecified atom stereocenters. The van der Waals surface area contributed by atoms with Gasteiger partial charge in [-0.05, 0) is 29.5 Å². The number of ether oxygens (including phenoxy) is 3.